The molecule has 0 aromatic heterocycles. The molecule has 3 aliphatic rings. The highest BCUT2D eigenvalue weighted by atomic mass is 16.3. The van der Waals surface area contributed by atoms with Crippen molar-refractivity contribution >= 4 is 17.5 Å². The van der Waals surface area contributed by atoms with Crippen molar-refractivity contribution in [2.75, 3.05) is 18.1 Å². The van der Waals surface area contributed by atoms with Crippen molar-refractivity contribution < 1.29 is 14.7 Å². The first-order valence-electron chi connectivity index (χ1n) is 9.37. The maximum absolute atomic E-state index is 12.7. The number of benzene rings is 1. The molecule has 2 aliphatic carbocycles. The van der Waals surface area contributed by atoms with Crippen LogP contribution in [0.1, 0.15) is 31.2 Å². The van der Waals surface area contributed by atoms with Gasteiger partial charge in [-0.25, -0.2) is 0 Å². The average molecular weight is 342 g/mol. The highest BCUT2D eigenvalue weighted by Gasteiger charge is 2.49. The second-order valence-corrected chi connectivity index (χ2v) is 7.88. The lowest BCUT2D eigenvalue weighted by Gasteiger charge is -2.31. The van der Waals surface area contributed by atoms with Crippen LogP contribution < -0.4 is 10.2 Å². The summed E-state index contributed by atoms with van der Waals surface area (Å²) in [6, 6.07) is 7.88. The quantitative estimate of drug-likeness (QED) is 0.821. The summed E-state index contributed by atoms with van der Waals surface area (Å²) in [5.74, 6) is 0.298. The summed E-state index contributed by atoms with van der Waals surface area (Å²) in [7, 11) is 0. The van der Waals surface area contributed by atoms with E-state index in [2.05, 4.69) is 5.32 Å². The fourth-order valence-corrected chi connectivity index (χ4v) is 5.07. The van der Waals surface area contributed by atoms with Crippen molar-refractivity contribution in [3.8, 4) is 0 Å². The van der Waals surface area contributed by atoms with Gasteiger partial charge in [0.1, 0.15) is 5.92 Å². The topological polar surface area (TPSA) is 69.6 Å². The SMILES string of the molecule is Cc1ccc(N2CCC(C(=O)NC3C4CCC(C4)C3CO)C2=O)cc1. The number of nitrogens with zero attached hydrogens (tertiary/aromatic N) is 1. The number of amides is 2. The van der Waals surface area contributed by atoms with E-state index in [0.717, 1.165) is 30.5 Å². The molecule has 2 saturated carbocycles. The Kier molecular flexibility index (Phi) is 4.28. The highest BCUT2D eigenvalue weighted by molar-refractivity contribution is 6.09. The molecule has 1 saturated heterocycles. The Labute approximate surface area is 148 Å². The molecule has 2 amide bonds. The second-order valence-electron chi connectivity index (χ2n) is 7.88. The van der Waals surface area contributed by atoms with Crippen LogP contribution in [0.15, 0.2) is 24.3 Å². The minimum atomic E-state index is -0.597. The molecule has 4 rings (SSSR count). The maximum Gasteiger partial charge on any atom is 0.239 e. The standard InChI is InChI=1S/C20H26N2O3/c1-12-2-6-15(7-3-12)22-9-8-16(20(22)25)19(24)21-18-14-5-4-13(10-14)17(18)11-23/h2-3,6-7,13-14,16-18,23H,4-5,8-11H2,1H3,(H,21,24). The van der Waals surface area contributed by atoms with E-state index in [1.807, 2.05) is 31.2 Å². The molecule has 1 aromatic carbocycles. The molecule has 1 aliphatic heterocycles. The Hall–Kier alpha value is -1.88. The third kappa shape index (κ3) is 2.84. The minimum Gasteiger partial charge on any atom is -0.396 e. The van der Waals surface area contributed by atoms with Crippen LogP contribution in [-0.4, -0.2) is 36.1 Å². The zero-order valence-electron chi connectivity index (χ0n) is 14.6. The van der Waals surface area contributed by atoms with E-state index in [4.69, 9.17) is 0 Å². The fraction of sp³-hybridized carbons (Fsp3) is 0.600. The van der Waals surface area contributed by atoms with Crippen LogP contribution in [0.2, 0.25) is 0 Å². The van der Waals surface area contributed by atoms with Crippen LogP contribution in [0.4, 0.5) is 5.69 Å². The van der Waals surface area contributed by atoms with Crippen LogP contribution in [0.3, 0.4) is 0 Å². The average Bonchev–Trinajstić information content (AvgIpc) is 3.30. The number of aliphatic hydroxyl groups excluding tert-OH is 1. The van der Waals surface area contributed by atoms with Gasteiger partial charge in [0.15, 0.2) is 0 Å². The van der Waals surface area contributed by atoms with Gasteiger partial charge in [-0.05, 0) is 56.6 Å². The molecular formula is C20H26N2O3. The Morgan fingerprint density at radius 2 is 1.92 bits per heavy atom. The molecule has 2 N–H and O–H groups in total. The van der Waals surface area contributed by atoms with Crippen LogP contribution in [0.5, 0.6) is 0 Å². The van der Waals surface area contributed by atoms with E-state index < -0.39 is 5.92 Å². The van der Waals surface area contributed by atoms with Crippen molar-refractivity contribution in [3.05, 3.63) is 29.8 Å². The Bertz CT molecular complexity index is 672. The predicted octanol–water partition coefficient (Wildman–Crippen LogP) is 1.87. The summed E-state index contributed by atoms with van der Waals surface area (Å²) in [4.78, 5) is 27.2. The van der Waals surface area contributed by atoms with Gasteiger partial charge >= 0.3 is 0 Å². The summed E-state index contributed by atoms with van der Waals surface area (Å²) in [5.41, 5.74) is 2.01. The van der Waals surface area contributed by atoms with Gasteiger partial charge in [-0.3, -0.25) is 9.59 Å². The van der Waals surface area contributed by atoms with Crippen molar-refractivity contribution in [2.45, 2.75) is 38.6 Å². The van der Waals surface area contributed by atoms with Gasteiger partial charge in [-0.2, -0.15) is 0 Å². The Morgan fingerprint density at radius 1 is 1.20 bits per heavy atom. The molecule has 25 heavy (non-hydrogen) atoms. The third-order valence-electron chi connectivity index (χ3n) is 6.48. The number of aliphatic hydroxyl groups is 1. The van der Waals surface area contributed by atoms with E-state index in [1.165, 1.54) is 0 Å². The van der Waals surface area contributed by atoms with Crippen molar-refractivity contribution in [3.63, 3.8) is 0 Å². The number of aryl methyl sites for hydroxylation is 1. The first-order chi connectivity index (χ1) is 12.1. The van der Waals surface area contributed by atoms with E-state index >= 15 is 0 Å². The zero-order chi connectivity index (χ0) is 17.6. The normalized spacial score (nSPS) is 33.9. The van der Waals surface area contributed by atoms with Gasteiger partial charge in [0.05, 0.1) is 0 Å². The summed E-state index contributed by atoms with van der Waals surface area (Å²) >= 11 is 0. The Balaban J connectivity index is 1.43. The molecule has 3 fully saturated rings. The lowest BCUT2D eigenvalue weighted by atomic mass is 9.84. The number of hydrogen-bond donors (Lipinski definition) is 2. The molecule has 5 heteroatoms. The van der Waals surface area contributed by atoms with E-state index in [1.54, 1.807) is 4.90 Å². The van der Waals surface area contributed by atoms with Crippen molar-refractivity contribution in [2.24, 2.45) is 23.7 Å². The Morgan fingerprint density at radius 3 is 2.64 bits per heavy atom. The number of fused-ring (bicyclic) bond motifs is 2. The molecule has 134 valence electrons. The molecule has 1 aromatic rings. The molecule has 5 atom stereocenters. The van der Waals surface area contributed by atoms with Crippen LogP contribution in [-0.2, 0) is 9.59 Å². The molecule has 0 spiro atoms. The third-order valence-corrected chi connectivity index (χ3v) is 6.48. The summed E-state index contributed by atoms with van der Waals surface area (Å²) in [6.07, 6.45) is 3.94. The van der Waals surface area contributed by atoms with Gasteiger partial charge in [0.25, 0.3) is 0 Å². The summed E-state index contributed by atoms with van der Waals surface area (Å²) < 4.78 is 0. The molecule has 0 radical (unpaired) electrons. The van der Waals surface area contributed by atoms with E-state index in [0.29, 0.717) is 24.8 Å². The molecular weight excluding hydrogens is 316 g/mol. The van der Waals surface area contributed by atoms with E-state index in [9.17, 15) is 14.7 Å². The number of anilines is 1. The number of rotatable bonds is 4. The largest absolute Gasteiger partial charge is 0.396 e. The highest BCUT2D eigenvalue weighted by Crippen LogP contribution is 2.48. The number of nitrogens with one attached hydrogen (secondary N) is 1. The van der Waals surface area contributed by atoms with Crippen molar-refractivity contribution in [1.29, 1.82) is 0 Å². The monoisotopic (exact) mass is 342 g/mol. The molecule has 2 bridgehead atoms. The van der Waals surface area contributed by atoms with E-state index in [-0.39, 0.29) is 30.4 Å². The first-order valence-corrected chi connectivity index (χ1v) is 9.37. The minimum absolute atomic E-state index is 0.0393. The first kappa shape index (κ1) is 16.6. The van der Waals surface area contributed by atoms with Gasteiger partial charge in [-0.15, -0.1) is 0 Å². The molecule has 5 nitrogen and oxygen atoms in total. The molecule has 5 unspecified atom stereocenters. The van der Waals surface area contributed by atoms with Crippen LogP contribution in [0, 0.1) is 30.6 Å². The summed E-state index contributed by atoms with van der Waals surface area (Å²) in [5, 5.41) is 12.8. The lowest BCUT2D eigenvalue weighted by molar-refractivity contribution is -0.133. The van der Waals surface area contributed by atoms with Crippen LogP contribution >= 0.6 is 0 Å². The van der Waals surface area contributed by atoms with Gasteiger partial charge < -0.3 is 15.3 Å². The summed E-state index contributed by atoms with van der Waals surface area (Å²) in [6.45, 7) is 2.72. The molecule has 1 heterocycles. The van der Waals surface area contributed by atoms with Gasteiger partial charge in [-0.1, -0.05) is 17.7 Å². The number of carbonyl (C=O) groups is 2. The van der Waals surface area contributed by atoms with Gasteiger partial charge in [0, 0.05) is 30.8 Å². The lowest BCUT2D eigenvalue weighted by Crippen LogP contribution is -2.48. The fourth-order valence-electron chi connectivity index (χ4n) is 5.07. The maximum atomic E-state index is 12.7. The number of carbonyl (C=O) groups excluding carboxylic acids is 2. The second kappa shape index (κ2) is 6.45. The smallest absolute Gasteiger partial charge is 0.239 e. The predicted molar refractivity (Wildman–Crippen MR) is 95.0 cm³/mol. The zero-order valence-corrected chi connectivity index (χ0v) is 14.6. The van der Waals surface area contributed by atoms with Gasteiger partial charge in [0.2, 0.25) is 11.8 Å². The van der Waals surface area contributed by atoms with Crippen molar-refractivity contribution in [1.82, 2.24) is 5.32 Å². The number of hydrogen-bond acceptors (Lipinski definition) is 3. The van der Waals surface area contributed by atoms with Crippen LogP contribution in [0.25, 0.3) is 0 Å².